The number of benzene rings is 1. The van der Waals surface area contributed by atoms with Crippen LogP contribution in [0.5, 0.6) is 0 Å². The molecule has 2 rings (SSSR count). The van der Waals surface area contributed by atoms with Gasteiger partial charge in [-0.2, -0.15) is 0 Å². The van der Waals surface area contributed by atoms with E-state index in [1.165, 1.54) is 24.8 Å². The van der Waals surface area contributed by atoms with E-state index in [2.05, 4.69) is 42.2 Å². The quantitative estimate of drug-likeness (QED) is 0.687. The Morgan fingerprint density at radius 2 is 1.83 bits per heavy atom. The lowest BCUT2D eigenvalue weighted by Gasteiger charge is -2.42. The van der Waals surface area contributed by atoms with Crippen LogP contribution in [0.15, 0.2) is 30.3 Å². The Balaban J connectivity index is 1.78. The van der Waals surface area contributed by atoms with Crippen molar-refractivity contribution in [2.24, 2.45) is 5.73 Å². The first-order chi connectivity index (χ1) is 11.2. The standard InChI is InChI=1S/C20H34N2O/c1-2-3-4-8-11-19(23)16-22-14-12-20(17-21,13-15-22)18-9-6-5-7-10-18/h5-7,9-10,19,23H,2-4,8,11-17,21H2,1H3. The van der Waals surface area contributed by atoms with Gasteiger partial charge in [-0.25, -0.2) is 0 Å². The maximum Gasteiger partial charge on any atom is 0.0667 e. The predicted molar refractivity (Wildman–Crippen MR) is 97.6 cm³/mol. The van der Waals surface area contributed by atoms with Crippen molar-refractivity contribution in [3.63, 3.8) is 0 Å². The highest BCUT2D eigenvalue weighted by atomic mass is 16.3. The molecule has 130 valence electrons. The Bertz CT molecular complexity index is 427. The molecule has 1 aliphatic rings. The molecule has 0 radical (unpaired) electrons. The maximum absolute atomic E-state index is 10.2. The first kappa shape index (κ1) is 18.4. The number of likely N-dealkylation sites (tertiary alicyclic amines) is 1. The number of nitrogens with zero attached hydrogens (tertiary/aromatic N) is 1. The average molecular weight is 319 g/mol. The Hall–Kier alpha value is -0.900. The van der Waals surface area contributed by atoms with Gasteiger partial charge < -0.3 is 15.7 Å². The van der Waals surface area contributed by atoms with Crippen LogP contribution in [0.1, 0.15) is 57.4 Å². The van der Waals surface area contributed by atoms with Crippen LogP contribution < -0.4 is 5.73 Å². The summed E-state index contributed by atoms with van der Waals surface area (Å²) >= 11 is 0. The summed E-state index contributed by atoms with van der Waals surface area (Å²) < 4.78 is 0. The normalized spacial score (nSPS) is 19.6. The van der Waals surface area contributed by atoms with Gasteiger partial charge in [-0.05, 0) is 37.9 Å². The lowest BCUT2D eigenvalue weighted by atomic mass is 9.73. The minimum Gasteiger partial charge on any atom is -0.392 e. The highest BCUT2D eigenvalue weighted by Gasteiger charge is 2.35. The molecular weight excluding hydrogens is 284 g/mol. The second-order valence-electron chi connectivity index (χ2n) is 7.15. The molecular formula is C20H34N2O. The van der Waals surface area contributed by atoms with Crippen molar-refractivity contribution in [3.05, 3.63) is 35.9 Å². The van der Waals surface area contributed by atoms with Gasteiger partial charge in [-0.15, -0.1) is 0 Å². The van der Waals surface area contributed by atoms with Crippen LogP contribution >= 0.6 is 0 Å². The third-order valence-electron chi connectivity index (χ3n) is 5.45. The molecule has 23 heavy (non-hydrogen) atoms. The van der Waals surface area contributed by atoms with Gasteiger partial charge in [0.1, 0.15) is 0 Å². The van der Waals surface area contributed by atoms with E-state index < -0.39 is 0 Å². The SMILES string of the molecule is CCCCCCC(O)CN1CCC(CN)(c2ccccc2)CC1. The molecule has 0 bridgehead atoms. The van der Waals surface area contributed by atoms with Crippen molar-refractivity contribution in [2.45, 2.75) is 63.4 Å². The molecule has 0 amide bonds. The van der Waals surface area contributed by atoms with Crippen LogP contribution in [0.3, 0.4) is 0 Å². The molecule has 1 saturated heterocycles. The molecule has 3 N–H and O–H groups in total. The summed E-state index contributed by atoms with van der Waals surface area (Å²) in [7, 11) is 0. The van der Waals surface area contributed by atoms with E-state index in [1.807, 2.05) is 0 Å². The third kappa shape index (κ3) is 5.30. The zero-order chi connectivity index (χ0) is 16.5. The van der Waals surface area contributed by atoms with Crippen molar-refractivity contribution in [2.75, 3.05) is 26.2 Å². The Labute approximate surface area is 141 Å². The Kier molecular flexibility index (Phi) is 7.54. The first-order valence-electron chi connectivity index (χ1n) is 9.36. The number of hydrogen-bond donors (Lipinski definition) is 2. The van der Waals surface area contributed by atoms with Gasteiger partial charge in [0.25, 0.3) is 0 Å². The van der Waals surface area contributed by atoms with Gasteiger partial charge in [0, 0.05) is 18.5 Å². The molecule has 1 atom stereocenters. The van der Waals surface area contributed by atoms with Crippen LogP contribution in [-0.4, -0.2) is 42.3 Å². The van der Waals surface area contributed by atoms with Crippen LogP contribution in [0.2, 0.25) is 0 Å². The molecule has 1 fully saturated rings. The van der Waals surface area contributed by atoms with Crippen molar-refractivity contribution in [1.82, 2.24) is 4.90 Å². The number of unbranched alkanes of at least 4 members (excludes halogenated alkanes) is 3. The van der Waals surface area contributed by atoms with Crippen molar-refractivity contribution in [3.8, 4) is 0 Å². The zero-order valence-corrected chi connectivity index (χ0v) is 14.7. The summed E-state index contributed by atoms with van der Waals surface area (Å²) in [6.07, 6.45) is 7.89. The molecule has 1 aromatic carbocycles. The monoisotopic (exact) mass is 318 g/mol. The van der Waals surface area contributed by atoms with E-state index in [4.69, 9.17) is 5.73 Å². The van der Waals surface area contributed by atoms with Crippen LogP contribution in [0, 0.1) is 0 Å². The van der Waals surface area contributed by atoms with Gasteiger partial charge in [0.15, 0.2) is 0 Å². The number of hydrogen-bond acceptors (Lipinski definition) is 3. The van der Waals surface area contributed by atoms with E-state index in [9.17, 15) is 5.11 Å². The molecule has 0 spiro atoms. The zero-order valence-electron chi connectivity index (χ0n) is 14.7. The molecule has 1 heterocycles. The fourth-order valence-corrected chi connectivity index (χ4v) is 3.76. The number of nitrogens with two attached hydrogens (primary N) is 1. The van der Waals surface area contributed by atoms with Gasteiger partial charge in [-0.3, -0.25) is 0 Å². The first-order valence-corrected chi connectivity index (χ1v) is 9.36. The van der Waals surface area contributed by atoms with E-state index in [-0.39, 0.29) is 11.5 Å². The predicted octanol–water partition coefficient (Wildman–Crippen LogP) is 3.31. The summed E-state index contributed by atoms with van der Waals surface area (Å²) in [6, 6.07) is 10.7. The van der Waals surface area contributed by atoms with Crippen LogP contribution in [-0.2, 0) is 5.41 Å². The fourth-order valence-electron chi connectivity index (χ4n) is 3.76. The average Bonchev–Trinajstić information content (AvgIpc) is 2.60. The molecule has 1 unspecified atom stereocenters. The minimum absolute atomic E-state index is 0.129. The van der Waals surface area contributed by atoms with Gasteiger partial charge in [-0.1, -0.05) is 62.9 Å². The van der Waals surface area contributed by atoms with Gasteiger partial charge in [0.05, 0.1) is 6.10 Å². The molecule has 3 nitrogen and oxygen atoms in total. The minimum atomic E-state index is -0.172. The smallest absolute Gasteiger partial charge is 0.0667 e. The van der Waals surface area contributed by atoms with Gasteiger partial charge >= 0.3 is 0 Å². The number of rotatable bonds is 9. The van der Waals surface area contributed by atoms with Crippen molar-refractivity contribution >= 4 is 0 Å². The number of β-amino-alcohol motifs (C(OH)–C–C–N with tert-alkyl or cyclic N) is 1. The van der Waals surface area contributed by atoms with Crippen LogP contribution in [0.4, 0.5) is 0 Å². The van der Waals surface area contributed by atoms with Crippen molar-refractivity contribution in [1.29, 1.82) is 0 Å². The van der Waals surface area contributed by atoms with E-state index in [1.54, 1.807) is 0 Å². The molecule has 0 aromatic heterocycles. The summed E-state index contributed by atoms with van der Waals surface area (Å²) in [5.74, 6) is 0. The Morgan fingerprint density at radius 1 is 1.13 bits per heavy atom. The highest BCUT2D eigenvalue weighted by Crippen LogP contribution is 2.34. The lowest BCUT2D eigenvalue weighted by Crippen LogP contribution is -2.48. The maximum atomic E-state index is 10.2. The fraction of sp³-hybridized carbons (Fsp3) is 0.700. The van der Waals surface area contributed by atoms with E-state index in [0.717, 1.165) is 45.3 Å². The second kappa shape index (κ2) is 9.41. The number of aliphatic hydroxyl groups is 1. The number of aliphatic hydroxyl groups excluding tert-OH is 1. The van der Waals surface area contributed by atoms with E-state index >= 15 is 0 Å². The molecule has 1 aliphatic heterocycles. The topological polar surface area (TPSA) is 49.5 Å². The van der Waals surface area contributed by atoms with Crippen molar-refractivity contribution < 1.29 is 5.11 Å². The largest absolute Gasteiger partial charge is 0.392 e. The summed E-state index contributed by atoms with van der Waals surface area (Å²) in [6.45, 7) is 5.84. The van der Waals surface area contributed by atoms with Crippen LogP contribution in [0.25, 0.3) is 0 Å². The molecule has 3 heteroatoms. The Morgan fingerprint density at radius 3 is 2.43 bits per heavy atom. The lowest BCUT2D eigenvalue weighted by molar-refractivity contribution is 0.0760. The summed E-state index contributed by atoms with van der Waals surface area (Å²) in [4.78, 5) is 2.42. The second-order valence-corrected chi connectivity index (χ2v) is 7.15. The third-order valence-corrected chi connectivity index (χ3v) is 5.45. The molecule has 0 aliphatic carbocycles. The highest BCUT2D eigenvalue weighted by molar-refractivity contribution is 5.26. The molecule has 1 aromatic rings. The van der Waals surface area contributed by atoms with Gasteiger partial charge in [0.2, 0.25) is 0 Å². The number of piperidine rings is 1. The summed E-state index contributed by atoms with van der Waals surface area (Å²) in [5, 5.41) is 10.2. The summed E-state index contributed by atoms with van der Waals surface area (Å²) in [5.41, 5.74) is 7.65. The molecule has 0 saturated carbocycles. The van der Waals surface area contributed by atoms with E-state index in [0.29, 0.717) is 6.54 Å².